The predicted octanol–water partition coefficient (Wildman–Crippen LogP) is 1.50. The number of ether oxygens (including phenoxy) is 4. The third-order valence-electron chi connectivity index (χ3n) is 5.57. The lowest BCUT2D eigenvalue weighted by molar-refractivity contribution is 0.0437. The maximum Gasteiger partial charge on any atom is 0.425 e. The van der Waals surface area contributed by atoms with Crippen LogP contribution in [0.15, 0.2) is 71.6 Å². The number of nitrogens with zero attached hydrogens (tertiary/aromatic N) is 4. The van der Waals surface area contributed by atoms with Crippen LogP contribution in [0.1, 0.15) is 20.7 Å². The number of carbonyl (C=O) groups excluding carboxylic acids is 2. The van der Waals surface area contributed by atoms with Crippen molar-refractivity contribution >= 4 is 44.1 Å². The van der Waals surface area contributed by atoms with Gasteiger partial charge in [-0.2, -0.15) is 8.42 Å². The largest absolute Gasteiger partial charge is 0.491 e. The van der Waals surface area contributed by atoms with Gasteiger partial charge in [-0.1, -0.05) is 30.3 Å². The molecule has 0 aromatic heterocycles. The SMILES string of the molecule is O=S(=O)=O.[C-]#[N+]/C(C#N)=c1/cc(OCCOC(=O)c2ccccc2S(=O)(=O)O)/c(=C(\C#N)[N+]#[C-])cc1OCCOC(=O)c1ccccc1. The Kier molecular flexibility index (Phi) is 14.4. The molecule has 244 valence electrons. The average molecular weight is 693 g/mol. The van der Waals surface area contributed by atoms with Gasteiger partial charge in [0.2, 0.25) is 0 Å². The average Bonchev–Trinajstić information content (AvgIpc) is 3.06. The van der Waals surface area contributed by atoms with Crippen molar-refractivity contribution in [3.63, 3.8) is 0 Å². The van der Waals surface area contributed by atoms with E-state index in [1.54, 1.807) is 42.5 Å². The van der Waals surface area contributed by atoms with E-state index in [0.29, 0.717) is 5.56 Å². The molecular weight excluding hydrogens is 672 g/mol. The Labute approximate surface area is 274 Å². The molecule has 3 aromatic carbocycles. The maximum absolute atomic E-state index is 12.4. The summed E-state index contributed by atoms with van der Waals surface area (Å²) in [5, 5.41) is 18.9. The van der Waals surface area contributed by atoms with Crippen LogP contribution in [0.4, 0.5) is 0 Å². The molecule has 0 spiro atoms. The van der Waals surface area contributed by atoms with Gasteiger partial charge in [-0.05, 0) is 36.4 Å². The summed E-state index contributed by atoms with van der Waals surface area (Å²) in [4.78, 5) is 30.3. The van der Waals surface area contributed by atoms with Crippen LogP contribution < -0.4 is 19.9 Å². The Morgan fingerprint density at radius 2 is 1.19 bits per heavy atom. The Bertz CT molecular complexity index is 2180. The monoisotopic (exact) mass is 692 g/mol. The molecule has 1 N–H and O–H groups in total. The first-order chi connectivity index (χ1) is 22.9. The summed E-state index contributed by atoms with van der Waals surface area (Å²) in [5.41, 5.74) is -0.921. The van der Waals surface area contributed by atoms with Crippen molar-refractivity contribution < 1.29 is 54.1 Å². The van der Waals surface area contributed by atoms with Crippen LogP contribution in [-0.2, 0) is 30.2 Å². The minimum Gasteiger partial charge on any atom is -0.491 e. The topological polar surface area (TPSA) is 233 Å². The molecule has 0 saturated carbocycles. The van der Waals surface area contributed by atoms with Gasteiger partial charge in [0.1, 0.15) is 42.8 Å². The lowest BCUT2D eigenvalue weighted by Crippen LogP contribution is -2.23. The molecule has 0 unspecified atom stereocenters. The van der Waals surface area contributed by atoms with E-state index in [4.69, 9.17) is 44.7 Å². The van der Waals surface area contributed by atoms with Gasteiger partial charge in [0, 0.05) is 10.4 Å². The predicted molar refractivity (Wildman–Crippen MR) is 161 cm³/mol. The minimum atomic E-state index is -4.70. The Balaban J connectivity index is 0.00000189. The third-order valence-corrected chi connectivity index (χ3v) is 6.48. The molecule has 0 fully saturated rings. The first-order valence-corrected chi connectivity index (χ1v) is 15.3. The van der Waals surface area contributed by atoms with Crippen LogP contribution in [0.25, 0.3) is 21.1 Å². The second kappa shape index (κ2) is 18.4. The fourth-order valence-corrected chi connectivity index (χ4v) is 4.31. The minimum absolute atomic E-state index is 0.0445. The van der Waals surface area contributed by atoms with Crippen LogP contribution >= 0.6 is 0 Å². The molecule has 0 aliphatic heterocycles. The molecule has 0 aliphatic carbocycles. The van der Waals surface area contributed by atoms with Gasteiger partial charge in [-0.15, -0.1) is 12.6 Å². The molecule has 0 saturated heterocycles. The zero-order chi connectivity index (χ0) is 35.7. The Morgan fingerprint density at radius 3 is 1.62 bits per heavy atom. The third kappa shape index (κ3) is 11.1. The summed E-state index contributed by atoms with van der Waals surface area (Å²) in [6, 6.07) is 18.9. The number of carbonyl (C=O) groups is 2. The van der Waals surface area contributed by atoms with E-state index in [9.17, 15) is 33.1 Å². The Hall–Kier alpha value is -6.57. The molecular formula is C30H20N4O12S2. The lowest BCUT2D eigenvalue weighted by Gasteiger charge is -2.13. The number of nitriles is 2. The second-order valence-electron chi connectivity index (χ2n) is 8.50. The summed E-state index contributed by atoms with van der Waals surface area (Å²) in [7, 11) is -7.81. The fraction of sp³-hybridized carbons (Fsp3) is 0.133. The zero-order valence-corrected chi connectivity index (χ0v) is 25.9. The highest BCUT2D eigenvalue weighted by molar-refractivity contribution is 7.86. The second-order valence-corrected chi connectivity index (χ2v) is 10.3. The van der Waals surface area contributed by atoms with Crippen molar-refractivity contribution in [1.29, 1.82) is 10.5 Å². The number of rotatable bonds is 11. The van der Waals surface area contributed by atoms with E-state index in [2.05, 4.69) is 9.69 Å². The number of hydrogen-bond donors (Lipinski definition) is 1. The van der Waals surface area contributed by atoms with Crippen LogP contribution in [0, 0.1) is 35.8 Å². The van der Waals surface area contributed by atoms with Crippen LogP contribution in [-0.4, -0.2) is 64.0 Å². The van der Waals surface area contributed by atoms with Crippen molar-refractivity contribution in [3.05, 3.63) is 111 Å². The van der Waals surface area contributed by atoms with Crippen molar-refractivity contribution in [1.82, 2.24) is 0 Å². The van der Waals surface area contributed by atoms with Crippen molar-refractivity contribution in [2.45, 2.75) is 4.90 Å². The zero-order valence-electron chi connectivity index (χ0n) is 24.2. The summed E-state index contributed by atoms with van der Waals surface area (Å²) < 4.78 is 79.3. The first-order valence-electron chi connectivity index (χ1n) is 12.8. The van der Waals surface area contributed by atoms with E-state index in [1.807, 2.05) is 0 Å². The van der Waals surface area contributed by atoms with Gasteiger partial charge in [-0.25, -0.2) is 29.8 Å². The summed E-state index contributed by atoms with van der Waals surface area (Å²) >= 11 is 0. The number of esters is 2. The normalized spacial score (nSPS) is 11.3. The highest BCUT2D eigenvalue weighted by atomic mass is 32.2. The quantitative estimate of drug-likeness (QED) is 0.130. The molecule has 3 rings (SSSR count). The van der Waals surface area contributed by atoms with Crippen LogP contribution in [0.3, 0.4) is 0 Å². The van der Waals surface area contributed by atoms with E-state index in [1.165, 1.54) is 24.3 Å². The van der Waals surface area contributed by atoms with Gasteiger partial charge in [0.05, 0.1) is 36.4 Å². The van der Waals surface area contributed by atoms with Gasteiger partial charge in [0.25, 0.3) is 21.5 Å². The molecule has 18 heteroatoms. The molecule has 0 heterocycles. The van der Waals surface area contributed by atoms with E-state index in [0.717, 1.165) is 12.1 Å². The lowest BCUT2D eigenvalue weighted by atomic mass is 10.1. The summed E-state index contributed by atoms with van der Waals surface area (Å²) in [6.07, 6.45) is 0. The summed E-state index contributed by atoms with van der Waals surface area (Å²) in [6.45, 7) is 13.5. The Morgan fingerprint density at radius 1 is 0.750 bits per heavy atom. The van der Waals surface area contributed by atoms with Crippen LogP contribution in [0.5, 0.6) is 11.5 Å². The highest BCUT2D eigenvalue weighted by Crippen LogP contribution is 2.17. The standard InChI is InChI=1S/C30H20N4O9S.O3S/c1-33-24(18-31)22-17-27(41-13-15-43-30(36)21-10-6-7-11-28(21)44(37,38)39)23(25(19-32)34-2)16-26(22)40-12-14-42-29(35)20-8-4-3-5-9-20;1-4(2)3/h3-11,16-17H,12-15H2,(H,37,38,39);/b24-22-,25-23+;. The van der Waals surface area contributed by atoms with E-state index in [-0.39, 0.29) is 41.8 Å². The molecule has 48 heavy (non-hydrogen) atoms. The van der Waals surface area contributed by atoms with Crippen molar-refractivity contribution in [2.75, 3.05) is 26.4 Å². The molecule has 0 bridgehead atoms. The highest BCUT2D eigenvalue weighted by Gasteiger charge is 2.21. The smallest absolute Gasteiger partial charge is 0.425 e. The summed E-state index contributed by atoms with van der Waals surface area (Å²) in [5.74, 6) is -1.86. The molecule has 16 nitrogen and oxygen atoms in total. The molecule has 0 atom stereocenters. The van der Waals surface area contributed by atoms with Crippen molar-refractivity contribution in [2.24, 2.45) is 0 Å². The molecule has 0 aliphatic rings. The number of hydrogen-bond acceptors (Lipinski definition) is 13. The van der Waals surface area contributed by atoms with Gasteiger partial charge in [-0.3, -0.25) is 4.55 Å². The van der Waals surface area contributed by atoms with E-state index < -0.39 is 61.1 Å². The van der Waals surface area contributed by atoms with Crippen LogP contribution in [0.2, 0.25) is 0 Å². The fourth-order valence-electron chi connectivity index (χ4n) is 3.63. The number of benzene rings is 3. The molecule has 3 aromatic rings. The van der Waals surface area contributed by atoms with Crippen molar-refractivity contribution in [3.8, 4) is 23.6 Å². The van der Waals surface area contributed by atoms with E-state index >= 15 is 0 Å². The van der Waals surface area contributed by atoms with Gasteiger partial charge in [0.15, 0.2) is 0 Å². The van der Waals surface area contributed by atoms with Gasteiger partial charge >= 0.3 is 22.5 Å². The molecule has 0 amide bonds. The molecule has 0 radical (unpaired) electrons. The van der Waals surface area contributed by atoms with Gasteiger partial charge < -0.3 is 18.9 Å². The maximum atomic E-state index is 12.4. The first kappa shape index (κ1) is 37.6.